The lowest BCUT2D eigenvalue weighted by molar-refractivity contribution is -0.121. The Morgan fingerprint density at radius 2 is 1.97 bits per heavy atom. The van der Waals surface area contributed by atoms with E-state index in [-0.39, 0.29) is 24.0 Å². The van der Waals surface area contributed by atoms with Crippen LogP contribution in [0.3, 0.4) is 0 Å². The first-order chi connectivity index (χ1) is 14.3. The Bertz CT molecular complexity index is 801. The number of nitrogens with one attached hydrogen (secondary N) is 2. The molecular formula is C21H32N4O4S. The third-order valence-corrected chi connectivity index (χ3v) is 7.20. The molecule has 1 fully saturated rings. The van der Waals surface area contributed by atoms with Gasteiger partial charge >= 0.3 is 12.0 Å². The van der Waals surface area contributed by atoms with Gasteiger partial charge in [0.1, 0.15) is 5.00 Å². The number of anilines is 1. The molecule has 166 valence electrons. The molecule has 2 atom stereocenters. The highest BCUT2D eigenvalue weighted by Gasteiger charge is 2.31. The van der Waals surface area contributed by atoms with Gasteiger partial charge in [-0.2, -0.15) is 0 Å². The monoisotopic (exact) mass is 436 g/mol. The van der Waals surface area contributed by atoms with E-state index in [0.717, 1.165) is 37.7 Å². The number of carbonyl (C=O) groups is 3. The van der Waals surface area contributed by atoms with Gasteiger partial charge in [0.25, 0.3) is 0 Å². The zero-order valence-electron chi connectivity index (χ0n) is 18.0. The van der Waals surface area contributed by atoms with Crippen molar-refractivity contribution in [2.24, 2.45) is 11.7 Å². The molecule has 9 heteroatoms. The largest absolute Gasteiger partial charge is 0.462 e. The molecule has 1 aliphatic heterocycles. The highest BCUT2D eigenvalue weighted by atomic mass is 32.1. The Morgan fingerprint density at radius 3 is 2.60 bits per heavy atom. The van der Waals surface area contributed by atoms with Crippen molar-refractivity contribution < 1.29 is 19.1 Å². The molecule has 2 aliphatic rings. The van der Waals surface area contributed by atoms with Crippen LogP contribution in [-0.4, -0.2) is 54.6 Å². The second kappa shape index (κ2) is 9.78. The molecule has 3 rings (SSSR count). The number of piperidine rings is 1. The molecule has 0 spiro atoms. The van der Waals surface area contributed by atoms with E-state index >= 15 is 0 Å². The Morgan fingerprint density at radius 1 is 1.27 bits per heavy atom. The van der Waals surface area contributed by atoms with Gasteiger partial charge in [0, 0.05) is 24.0 Å². The summed E-state index contributed by atoms with van der Waals surface area (Å²) in [5.41, 5.74) is 6.77. The standard InChI is InChI=1S/C21H32N4O4S/c1-4-29-20(27)17-15-6-5-12(2)11-16(15)30-19(17)24-18(26)13(3)25-9-7-14(8-10-25)23-21(22)28/h12-14H,4-11H2,1-3H3,(H,24,26)(H3,22,23,28)/t12-,13+/m0/s1. The minimum Gasteiger partial charge on any atom is -0.462 e. The van der Waals surface area contributed by atoms with Crippen LogP contribution in [0.15, 0.2) is 0 Å². The summed E-state index contributed by atoms with van der Waals surface area (Å²) in [5.74, 6) is 0.0864. The fourth-order valence-electron chi connectivity index (χ4n) is 4.27. The third-order valence-electron chi connectivity index (χ3n) is 6.03. The highest BCUT2D eigenvalue weighted by molar-refractivity contribution is 7.17. The summed E-state index contributed by atoms with van der Waals surface area (Å²) in [4.78, 5) is 39.9. The summed E-state index contributed by atoms with van der Waals surface area (Å²) in [6.07, 6.45) is 4.30. The minimum atomic E-state index is -0.512. The Kier molecular flexibility index (Phi) is 7.36. The highest BCUT2D eigenvalue weighted by Crippen LogP contribution is 2.40. The Labute approximate surface area is 181 Å². The first kappa shape index (κ1) is 22.6. The first-order valence-corrected chi connectivity index (χ1v) is 11.5. The van der Waals surface area contributed by atoms with Gasteiger partial charge in [-0.05, 0) is 57.4 Å². The minimum absolute atomic E-state index is 0.0513. The number of amides is 3. The van der Waals surface area contributed by atoms with Crippen molar-refractivity contribution in [2.45, 2.75) is 65.0 Å². The van der Waals surface area contributed by atoms with Crippen molar-refractivity contribution in [3.63, 3.8) is 0 Å². The predicted molar refractivity (Wildman–Crippen MR) is 117 cm³/mol. The summed E-state index contributed by atoms with van der Waals surface area (Å²) < 4.78 is 5.28. The number of hydrogen-bond acceptors (Lipinski definition) is 6. The van der Waals surface area contributed by atoms with Gasteiger partial charge in [0.15, 0.2) is 0 Å². The van der Waals surface area contributed by atoms with Crippen molar-refractivity contribution in [2.75, 3.05) is 25.0 Å². The van der Waals surface area contributed by atoms with Crippen LogP contribution in [-0.2, 0) is 22.4 Å². The topological polar surface area (TPSA) is 114 Å². The summed E-state index contributed by atoms with van der Waals surface area (Å²) in [7, 11) is 0. The number of esters is 1. The summed E-state index contributed by atoms with van der Waals surface area (Å²) in [5, 5.41) is 6.35. The maximum absolute atomic E-state index is 13.0. The van der Waals surface area contributed by atoms with Gasteiger partial charge < -0.3 is 21.1 Å². The number of primary amides is 1. The third kappa shape index (κ3) is 5.13. The van der Waals surface area contributed by atoms with Gasteiger partial charge in [-0.25, -0.2) is 9.59 Å². The maximum atomic E-state index is 13.0. The van der Waals surface area contributed by atoms with Gasteiger partial charge in [-0.1, -0.05) is 6.92 Å². The number of hydrogen-bond donors (Lipinski definition) is 3. The number of rotatable bonds is 6. The lowest BCUT2D eigenvalue weighted by atomic mass is 9.88. The van der Waals surface area contributed by atoms with E-state index in [1.54, 1.807) is 6.92 Å². The molecule has 1 aliphatic carbocycles. The summed E-state index contributed by atoms with van der Waals surface area (Å²) in [6.45, 7) is 7.57. The van der Waals surface area contributed by atoms with Gasteiger partial charge in [0.2, 0.25) is 5.91 Å². The molecule has 8 nitrogen and oxygen atoms in total. The molecule has 1 aromatic heterocycles. The fraction of sp³-hybridized carbons (Fsp3) is 0.667. The van der Waals surface area contributed by atoms with E-state index in [4.69, 9.17) is 10.5 Å². The van der Waals surface area contributed by atoms with Crippen molar-refractivity contribution in [3.8, 4) is 0 Å². The Hall–Kier alpha value is -2.13. The normalized spacial score (nSPS) is 20.8. The van der Waals surface area contributed by atoms with Crippen molar-refractivity contribution >= 4 is 34.2 Å². The van der Waals surface area contributed by atoms with Crippen LogP contribution < -0.4 is 16.4 Å². The van der Waals surface area contributed by atoms with E-state index in [1.807, 2.05) is 6.92 Å². The molecule has 0 unspecified atom stereocenters. The van der Waals surface area contributed by atoms with Gasteiger partial charge in [0.05, 0.1) is 18.2 Å². The maximum Gasteiger partial charge on any atom is 0.341 e. The molecule has 2 heterocycles. The van der Waals surface area contributed by atoms with Crippen LogP contribution >= 0.6 is 11.3 Å². The van der Waals surface area contributed by atoms with Crippen molar-refractivity contribution in [1.82, 2.24) is 10.2 Å². The lowest BCUT2D eigenvalue weighted by Gasteiger charge is -2.35. The molecule has 0 radical (unpaired) electrons. The number of carbonyl (C=O) groups excluding carboxylic acids is 3. The van der Waals surface area contributed by atoms with Gasteiger partial charge in [-0.3, -0.25) is 9.69 Å². The molecule has 3 amide bonds. The predicted octanol–water partition coefficient (Wildman–Crippen LogP) is 2.51. The quantitative estimate of drug-likeness (QED) is 0.593. The smallest absolute Gasteiger partial charge is 0.341 e. The second-order valence-electron chi connectivity index (χ2n) is 8.26. The van der Waals surface area contributed by atoms with E-state index < -0.39 is 6.03 Å². The number of fused-ring (bicyclic) bond motifs is 1. The lowest BCUT2D eigenvalue weighted by Crippen LogP contribution is -2.51. The van der Waals surface area contributed by atoms with Crippen molar-refractivity contribution in [3.05, 3.63) is 16.0 Å². The van der Waals surface area contributed by atoms with E-state index in [1.165, 1.54) is 16.2 Å². The number of ether oxygens (including phenoxy) is 1. The number of likely N-dealkylation sites (tertiary alicyclic amines) is 1. The summed E-state index contributed by atoms with van der Waals surface area (Å²) >= 11 is 1.51. The molecule has 4 N–H and O–H groups in total. The first-order valence-electron chi connectivity index (χ1n) is 10.7. The number of nitrogens with two attached hydrogens (primary N) is 1. The van der Waals surface area contributed by atoms with E-state index in [0.29, 0.717) is 36.2 Å². The molecule has 0 aromatic carbocycles. The van der Waals surface area contributed by atoms with E-state index in [9.17, 15) is 14.4 Å². The van der Waals surface area contributed by atoms with Crippen LogP contribution in [0, 0.1) is 5.92 Å². The van der Waals surface area contributed by atoms with E-state index in [2.05, 4.69) is 22.5 Å². The fourth-order valence-corrected chi connectivity index (χ4v) is 5.67. The summed E-state index contributed by atoms with van der Waals surface area (Å²) in [6, 6.07) is -0.801. The molecule has 0 saturated carbocycles. The zero-order chi connectivity index (χ0) is 21.8. The van der Waals surface area contributed by atoms with Crippen LogP contribution in [0.5, 0.6) is 0 Å². The molecule has 30 heavy (non-hydrogen) atoms. The SMILES string of the molecule is CCOC(=O)c1c(NC(=O)[C@@H](C)N2CCC(NC(N)=O)CC2)sc2c1CC[C@H](C)C2. The molecular weight excluding hydrogens is 404 g/mol. The average Bonchev–Trinajstić information content (AvgIpc) is 3.04. The second-order valence-corrected chi connectivity index (χ2v) is 9.37. The average molecular weight is 437 g/mol. The zero-order valence-corrected chi connectivity index (χ0v) is 18.8. The number of thiophene rings is 1. The molecule has 1 saturated heterocycles. The Balaban J connectivity index is 1.70. The molecule has 0 bridgehead atoms. The van der Waals surface area contributed by atoms with Crippen LogP contribution in [0.2, 0.25) is 0 Å². The van der Waals surface area contributed by atoms with Crippen molar-refractivity contribution in [1.29, 1.82) is 0 Å². The van der Waals surface area contributed by atoms with Crippen LogP contribution in [0.25, 0.3) is 0 Å². The number of urea groups is 1. The van der Waals surface area contributed by atoms with Gasteiger partial charge in [-0.15, -0.1) is 11.3 Å². The van der Waals surface area contributed by atoms with Crippen LogP contribution in [0.1, 0.15) is 60.8 Å². The van der Waals surface area contributed by atoms with Crippen LogP contribution in [0.4, 0.5) is 9.80 Å². The number of nitrogens with zero attached hydrogens (tertiary/aromatic N) is 1. The molecule has 1 aromatic rings.